The number of nitrogens with zero attached hydrogens (tertiary/aromatic N) is 3. The van der Waals surface area contributed by atoms with E-state index in [-0.39, 0.29) is 5.91 Å². The van der Waals surface area contributed by atoms with Crippen molar-refractivity contribution in [2.45, 2.75) is 32.4 Å². The number of carbonyl (C=O) groups is 1. The van der Waals surface area contributed by atoms with Crippen molar-refractivity contribution < 1.29 is 9.90 Å². The second-order valence-electron chi connectivity index (χ2n) is 4.21. The number of aromatic nitrogens is 3. The normalized spacial score (nSPS) is 12.6. The highest BCUT2D eigenvalue weighted by molar-refractivity contribution is 5.75. The Morgan fingerprint density at radius 1 is 1.50 bits per heavy atom. The second kappa shape index (κ2) is 5.59. The molecule has 2 heterocycles. The number of aliphatic hydroxyl groups excluding tert-OH is 1. The molecule has 0 aromatic carbocycles. The van der Waals surface area contributed by atoms with Gasteiger partial charge in [-0.25, -0.2) is 0 Å². The lowest BCUT2D eigenvalue weighted by atomic mass is 10.2. The number of amides is 1. The summed E-state index contributed by atoms with van der Waals surface area (Å²) in [4.78, 5) is 11.5. The summed E-state index contributed by atoms with van der Waals surface area (Å²) in [5.41, 5.74) is 0.755. The molecule has 2 aromatic rings. The third-order valence-corrected chi connectivity index (χ3v) is 2.62. The van der Waals surface area contributed by atoms with Gasteiger partial charge < -0.3 is 10.4 Å². The van der Waals surface area contributed by atoms with Crippen LogP contribution in [-0.2, 0) is 11.3 Å². The van der Waals surface area contributed by atoms with Crippen LogP contribution in [-0.4, -0.2) is 31.7 Å². The minimum absolute atomic E-state index is 0.0939. The van der Waals surface area contributed by atoms with Gasteiger partial charge in [-0.1, -0.05) is 6.07 Å². The van der Waals surface area contributed by atoms with E-state index in [1.54, 1.807) is 6.92 Å². The van der Waals surface area contributed by atoms with E-state index in [4.69, 9.17) is 5.11 Å². The molecule has 0 radical (unpaired) electrons. The topological polar surface area (TPSA) is 79.5 Å². The van der Waals surface area contributed by atoms with Gasteiger partial charge in [0.15, 0.2) is 11.5 Å². The summed E-state index contributed by atoms with van der Waals surface area (Å²) in [5.74, 6) is 0.597. The number of hydrogen-bond acceptors (Lipinski definition) is 4. The Hall–Kier alpha value is -1.95. The van der Waals surface area contributed by atoms with Gasteiger partial charge in [-0.2, -0.15) is 0 Å². The zero-order chi connectivity index (χ0) is 13.0. The van der Waals surface area contributed by atoms with Crippen LogP contribution in [0.25, 0.3) is 5.65 Å². The third-order valence-electron chi connectivity index (χ3n) is 2.62. The number of hydrogen-bond donors (Lipinski definition) is 2. The highest BCUT2D eigenvalue weighted by Gasteiger charge is 2.07. The zero-order valence-electron chi connectivity index (χ0n) is 10.2. The summed E-state index contributed by atoms with van der Waals surface area (Å²) >= 11 is 0. The van der Waals surface area contributed by atoms with Gasteiger partial charge in [0.1, 0.15) is 0 Å². The smallest absolute Gasteiger partial charge is 0.220 e. The van der Waals surface area contributed by atoms with Gasteiger partial charge in [0.2, 0.25) is 5.91 Å². The molecule has 1 amide bonds. The highest BCUT2D eigenvalue weighted by Crippen LogP contribution is 2.02. The molecule has 6 nitrogen and oxygen atoms in total. The molecule has 18 heavy (non-hydrogen) atoms. The van der Waals surface area contributed by atoms with Crippen LogP contribution in [0.5, 0.6) is 0 Å². The first-order chi connectivity index (χ1) is 8.66. The molecule has 0 saturated heterocycles. The molecule has 0 saturated carbocycles. The predicted molar refractivity (Wildman–Crippen MR) is 65.7 cm³/mol. The first kappa shape index (κ1) is 12.5. The number of nitrogens with one attached hydrogen (secondary N) is 1. The average molecular weight is 248 g/mol. The Morgan fingerprint density at radius 3 is 3.11 bits per heavy atom. The van der Waals surface area contributed by atoms with Crippen LogP contribution in [0.4, 0.5) is 0 Å². The fourth-order valence-corrected chi connectivity index (χ4v) is 1.62. The Balaban J connectivity index is 1.92. The van der Waals surface area contributed by atoms with Crippen molar-refractivity contribution in [3.05, 3.63) is 30.2 Å². The van der Waals surface area contributed by atoms with Gasteiger partial charge >= 0.3 is 0 Å². The quantitative estimate of drug-likeness (QED) is 0.808. The fraction of sp³-hybridized carbons (Fsp3) is 0.417. The monoisotopic (exact) mass is 248 g/mol. The van der Waals surface area contributed by atoms with E-state index >= 15 is 0 Å². The summed E-state index contributed by atoms with van der Waals surface area (Å²) in [6, 6.07) is 5.62. The molecule has 1 unspecified atom stereocenters. The summed E-state index contributed by atoms with van der Waals surface area (Å²) in [6.45, 7) is 2.00. The largest absolute Gasteiger partial charge is 0.393 e. The van der Waals surface area contributed by atoms with Crippen molar-refractivity contribution in [1.29, 1.82) is 0 Å². The number of rotatable bonds is 5. The Kier molecular flexibility index (Phi) is 3.88. The van der Waals surface area contributed by atoms with E-state index in [0.717, 1.165) is 5.65 Å². The lowest BCUT2D eigenvalue weighted by Crippen LogP contribution is -2.24. The molecule has 2 N–H and O–H groups in total. The number of carbonyl (C=O) groups excluding carboxylic acids is 1. The van der Waals surface area contributed by atoms with E-state index < -0.39 is 6.10 Å². The Morgan fingerprint density at radius 2 is 2.33 bits per heavy atom. The van der Waals surface area contributed by atoms with Crippen molar-refractivity contribution in [3.8, 4) is 0 Å². The van der Waals surface area contributed by atoms with Gasteiger partial charge in [0, 0.05) is 12.6 Å². The van der Waals surface area contributed by atoms with Crippen molar-refractivity contribution in [2.75, 3.05) is 0 Å². The molecule has 96 valence electrons. The van der Waals surface area contributed by atoms with Crippen molar-refractivity contribution in [3.63, 3.8) is 0 Å². The molecule has 0 aliphatic carbocycles. The van der Waals surface area contributed by atoms with Crippen LogP contribution in [0.2, 0.25) is 0 Å². The minimum Gasteiger partial charge on any atom is -0.393 e. The molecule has 0 fully saturated rings. The maximum absolute atomic E-state index is 11.5. The molecule has 0 bridgehead atoms. The minimum atomic E-state index is -0.454. The van der Waals surface area contributed by atoms with Gasteiger partial charge in [0.25, 0.3) is 0 Å². The summed E-state index contributed by atoms with van der Waals surface area (Å²) in [7, 11) is 0. The zero-order valence-corrected chi connectivity index (χ0v) is 10.2. The maximum atomic E-state index is 11.5. The lowest BCUT2D eigenvalue weighted by molar-refractivity contribution is -0.121. The SMILES string of the molecule is CC(O)CCC(=O)NCc1nnc2ccccn12. The summed E-state index contributed by atoms with van der Waals surface area (Å²) < 4.78 is 1.83. The van der Waals surface area contributed by atoms with Crippen LogP contribution in [0, 0.1) is 0 Å². The Bertz CT molecular complexity index is 536. The maximum Gasteiger partial charge on any atom is 0.220 e. The number of pyridine rings is 1. The molecule has 2 aromatic heterocycles. The molecular weight excluding hydrogens is 232 g/mol. The predicted octanol–water partition coefficient (Wildman–Crippen LogP) is 0.506. The molecule has 2 rings (SSSR count). The van der Waals surface area contributed by atoms with E-state index in [2.05, 4.69) is 15.5 Å². The average Bonchev–Trinajstić information content (AvgIpc) is 2.77. The standard InChI is InChI=1S/C12H16N4O2/c1-9(17)5-6-12(18)13-8-11-15-14-10-4-2-3-7-16(10)11/h2-4,7,9,17H,5-6,8H2,1H3,(H,13,18). The molecule has 0 spiro atoms. The molecule has 6 heteroatoms. The first-order valence-corrected chi connectivity index (χ1v) is 5.90. The molecule has 1 atom stereocenters. The van der Waals surface area contributed by atoms with E-state index in [1.807, 2.05) is 28.8 Å². The fourth-order valence-electron chi connectivity index (χ4n) is 1.62. The highest BCUT2D eigenvalue weighted by atomic mass is 16.3. The molecule has 0 aliphatic rings. The number of fused-ring (bicyclic) bond motifs is 1. The van der Waals surface area contributed by atoms with Crippen LogP contribution in [0.3, 0.4) is 0 Å². The summed E-state index contributed by atoms with van der Waals surface area (Å²) in [6.07, 6.45) is 2.18. The van der Waals surface area contributed by atoms with Crippen LogP contribution in [0.15, 0.2) is 24.4 Å². The first-order valence-electron chi connectivity index (χ1n) is 5.90. The van der Waals surface area contributed by atoms with Crippen LogP contribution < -0.4 is 5.32 Å². The van der Waals surface area contributed by atoms with Crippen molar-refractivity contribution >= 4 is 11.6 Å². The van der Waals surface area contributed by atoms with Crippen LogP contribution in [0.1, 0.15) is 25.6 Å². The molecule has 0 aliphatic heterocycles. The van der Waals surface area contributed by atoms with Gasteiger partial charge in [-0.05, 0) is 25.5 Å². The lowest BCUT2D eigenvalue weighted by Gasteiger charge is -2.05. The summed E-state index contributed by atoms with van der Waals surface area (Å²) in [5, 5.41) is 19.9. The van der Waals surface area contributed by atoms with Crippen LogP contribution >= 0.6 is 0 Å². The number of aliphatic hydroxyl groups is 1. The second-order valence-corrected chi connectivity index (χ2v) is 4.21. The van der Waals surface area contributed by atoms with Crippen molar-refractivity contribution in [1.82, 2.24) is 19.9 Å². The van der Waals surface area contributed by atoms with E-state index in [0.29, 0.717) is 25.2 Å². The van der Waals surface area contributed by atoms with Gasteiger partial charge in [0.05, 0.1) is 12.6 Å². The van der Waals surface area contributed by atoms with Crippen molar-refractivity contribution in [2.24, 2.45) is 0 Å². The Labute approximate surface area is 105 Å². The van der Waals surface area contributed by atoms with Gasteiger partial charge in [-0.15, -0.1) is 10.2 Å². The van der Waals surface area contributed by atoms with E-state index in [9.17, 15) is 4.79 Å². The van der Waals surface area contributed by atoms with Gasteiger partial charge in [-0.3, -0.25) is 9.20 Å². The third kappa shape index (κ3) is 3.04. The molecular formula is C12H16N4O2. The van der Waals surface area contributed by atoms with E-state index in [1.165, 1.54) is 0 Å².